The highest BCUT2D eigenvalue weighted by molar-refractivity contribution is 5.94. The first-order chi connectivity index (χ1) is 8.86. The van der Waals surface area contributed by atoms with E-state index in [0.29, 0.717) is 17.3 Å². The van der Waals surface area contributed by atoms with E-state index in [2.05, 4.69) is 34.6 Å². The first kappa shape index (κ1) is 15.6. The zero-order chi connectivity index (χ0) is 14.6. The zero-order valence-corrected chi connectivity index (χ0v) is 12.8. The Morgan fingerprint density at radius 1 is 1.37 bits per heavy atom. The Kier molecular flexibility index (Phi) is 5.45. The summed E-state index contributed by atoms with van der Waals surface area (Å²) in [6.07, 6.45) is 2.84. The number of aryl methyl sites for hydroxylation is 1. The Bertz CT molecular complexity index is 421. The minimum atomic E-state index is 0.0776. The second kappa shape index (κ2) is 6.64. The van der Waals surface area contributed by atoms with Gasteiger partial charge in [0, 0.05) is 25.3 Å². The largest absolute Gasteiger partial charge is 0.397 e. The van der Waals surface area contributed by atoms with E-state index in [1.54, 1.807) is 6.07 Å². The highest BCUT2D eigenvalue weighted by Gasteiger charge is 2.22. The van der Waals surface area contributed by atoms with E-state index >= 15 is 0 Å². The third-order valence-corrected chi connectivity index (χ3v) is 3.05. The fraction of sp³-hybridized carbons (Fsp3) is 0.667. The maximum atomic E-state index is 12.7. The Balaban J connectivity index is 3.01. The van der Waals surface area contributed by atoms with Crippen molar-refractivity contribution in [3.63, 3.8) is 0 Å². The van der Waals surface area contributed by atoms with Crippen molar-refractivity contribution in [2.24, 2.45) is 5.92 Å². The van der Waals surface area contributed by atoms with Gasteiger partial charge in [-0.2, -0.15) is 0 Å². The van der Waals surface area contributed by atoms with E-state index in [9.17, 15) is 4.79 Å². The molecule has 0 atom stereocenters. The molecule has 0 spiro atoms. The molecule has 1 rings (SSSR count). The minimum Gasteiger partial charge on any atom is -0.397 e. The highest BCUT2D eigenvalue weighted by Crippen LogP contribution is 2.16. The molecule has 0 aliphatic rings. The lowest BCUT2D eigenvalue weighted by Gasteiger charge is -2.28. The molecule has 0 aromatic carbocycles. The molecule has 0 radical (unpaired) electrons. The van der Waals surface area contributed by atoms with E-state index in [1.165, 1.54) is 0 Å². The quantitative estimate of drug-likeness (QED) is 0.859. The number of hydrogen-bond acceptors (Lipinski definition) is 2. The van der Waals surface area contributed by atoms with Crippen LogP contribution in [0.1, 0.15) is 51.5 Å². The van der Waals surface area contributed by atoms with Crippen molar-refractivity contribution in [1.82, 2.24) is 9.47 Å². The summed E-state index contributed by atoms with van der Waals surface area (Å²) in [5.41, 5.74) is 7.19. The van der Waals surface area contributed by atoms with Gasteiger partial charge in [-0.3, -0.25) is 4.79 Å². The third kappa shape index (κ3) is 4.01. The average Bonchev–Trinajstić information content (AvgIpc) is 2.66. The Morgan fingerprint density at radius 2 is 2.00 bits per heavy atom. The van der Waals surface area contributed by atoms with Gasteiger partial charge in [-0.1, -0.05) is 20.8 Å². The molecule has 0 unspecified atom stereocenters. The number of hydrogen-bond donors (Lipinski definition) is 1. The molecule has 108 valence electrons. The standard InChI is InChI=1S/C15H27N3O/c1-6-7-17-10-13(16)8-14(17)15(19)18(12(4)5)9-11(2)3/h8,10-12H,6-7,9,16H2,1-5H3. The second-order valence-corrected chi connectivity index (χ2v) is 5.80. The van der Waals surface area contributed by atoms with Crippen molar-refractivity contribution < 1.29 is 4.79 Å². The van der Waals surface area contributed by atoms with Crippen LogP contribution >= 0.6 is 0 Å². The lowest BCUT2D eigenvalue weighted by Crippen LogP contribution is -2.40. The molecule has 19 heavy (non-hydrogen) atoms. The summed E-state index contributed by atoms with van der Waals surface area (Å²) in [5.74, 6) is 0.534. The van der Waals surface area contributed by atoms with Crippen molar-refractivity contribution in [2.75, 3.05) is 12.3 Å². The van der Waals surface area contributed by atoms with Crippen LogP contribution in [0.3, 0.4) is 0 Å². The monoisotopic (exact) mass is 265 g/mol. The van der Waals surface area contributed by atoms with Crippen molar-refractivity contribution in [3.8, 4) is 0 Å². The number of rotatable bonds is 6. The zero-order valence-electron chi connectivity index (χ0n) is 12.8. The normalized spacial score (nSPS) is 11.3. The average molecular weight is 265 g/mol. The van der Waals surface area contributed by atoms with Gasteiger partial charge in [0.1, 0.15) is 5.69 Å². The van der Waals surface area contributed by atoms with Gasteiger partial charge < -0.3 is 15.2 Å². The molecule has 2 N–H and O–H groups in total. The predicted molar refractivity (Wildman–Crippen MR) is 80.1 cm³/mol. The van der Waals surface area contributed by atoms with Crippen LogP contribution in [0.5, 0.6) is 0 Å². The Morgan fingerprint density at radius 3 is 2.47 bits per heavy atom. The molecule has 0 saturated heterocycles. The fourth-order valence-electron chi connectivity index (χ4n) is 2.21. The summed E-state index contributed by atoms with van der Waals surface area (Å²) >= 11 is 0. The molecule has 0 fully saturated rings. The number of anilines is 1. The number of carbonyl (C=O) groups excluding carboxylic acids is 1. The van der Waals surface area contributed by atoms with Gasteiger partial charge >= 0.3 is 0 Å². The lowest BCUT2D eigenvalue weighted by molar-refractivity contribution is 0.0670. The molecule has 1 aromatic rings. The van der Waals surface area contributed by atoms with Crippen LogP contribution in [-0.2, 0) is 6.54 Å². The van der Waals surface area contributed by atoms with Crippen LogP contribution in [-0.4, -0.2) is 28.0 Å². The molecule has 1 aromatic heterocycles. The number of nitrogens with two attached hydrogens (primary N) is 1. The molecule has 0 aliphatic heterocycles. The maximum Gasteiger partial charge on any atom is 0.270 e. The van der Waals surface area contributed by atoms with Gasteiger partial charge in [0.25, 0.3) is 5.91 Å². The van der Waals surface area contributed by atoms with Gasteiger partial charge in [0.05, 0.1) is 5.69 Å². The number of nitrogen functional groups attached to an aromatic ring is 1. The number of amides is 1. The number of nitrogens with zero attached hydrogens (tertiary/aromatic N) is 2. The van der Waals surface area contributed by atoms with E-state index in [0.717, 1.165) is 19.5 Å². The first-order valence-electron chi connectivity index (χ1n) is 7.13. The van der Waals surface area contributed by atoms with Gasteiger partial charge in [-0.25, -0.2) is 0 Å². The summed E-state index contributed by atoms with van der Waals surface area (Å²) in [4.78, 5) is 14.6. The Hall–Kier alpha value is -1.45. The van der Waals surface area contributed by atoms with Crippen molar-refractivity contribution in [2.45, 2.75) is 53.6 Å². The number of aromatic nitrogens is 1. The number of carbonyl (C=O) groups is 1. The highest BCUT2D eigenvalue weighted by atomic mass is 16.2. The SMILES string of the molecule is CCCn1cc(N)cc1C(=O)N(CC(C)C)C(C)C. The summed E-state index contributed by atoms with van der Waals surface area (Å²) in [6.45, 7) is 12.1. The smallest absolute Gasteiger partial charge is 0.270 e. The van der Waals surface area contributed by atoms with Crippen molar-refractivity contribution in [3.05, 3.63) is 18.0 Å². The van der Waals surface area contributed by atoms with Crippen LogP contribution in [0.25, 0.3) is 0 Å². The van der Waals surface area contributed by atoms with Crippen LogP contribution in [0.15, 0.2) is 12.3 Å². The molecule has 0 aliphatic carbocycles. The molecular formula is C15H27N3O. The molecule has 1 amide bonds. The molecular weight excluding hydrogens is 238 g/mol. The van der Waals surface area contributed by atoms with Crippen LogP contribution in [0, 0.1) is 5.92 Å². The summed E-state index contributed by atoms with van der Waals surface area (Å²) in [7, 11) is 0. The van der Waals surface area contributed by atoms with Crippen LogP contribution in [0.2, 0.25) is 0 Å². The van der Waals surface area contributed by atoms with Gasteiger partial charge in [-0.05, 0) is 32.3 Å². The van der Waals surface area contributed by atoms with Crippen LogP contribution in [0.4, 0.5) is 5.69 Å². The second-order valence-electron chi connectivity index (χ2n) is 5.80. The third-order valence-electron chi connectivity index (χ3n) is 3.05. The Labute approximate surface area is 116 Å². The van der Waals surface area contributed by atoms with Gasteiger partial charge in [0.15, 0.2) is 0 Å². The predicted octanol–water partition coefficient (Wildman–Crippen LogP) is 2.99. The summed E-state index contributed by atoms with van der Waals surface area (Å²) < 4.78 is 1.97. The van der Waals surface area contributed by atoms with Crippen molar-refractivity contribution in [1.29, 1.82) is 0 Å². The summed E-state index contributed by atoms with van der Waals surface area (Å²) in [6, 6.07) is 1.98. The van der Waals surface area contributed by atoms with Gasteiger partial charge in [-0.15, -0.1) is 0 Å². The van der Waals surface area contributed by atoms with Crippen LogP contribution < -0.4 is 5.73 Å². The fourth-order valence-corrected chi connectivity index (χ4v) is 2.21. The van der Waals surface area contributed by atoms with E-state index in [4.69, 9.17) is 5.73 Å². The molecule has 0 saturated carbocycles. The lowest BCUT2D eigenvalue weighted by atomic mass is 10.1. The molecule has 4 heteroatoms. The summed E-state index contributed by atoms with van der Waals surface area (Å²) in [5, 5.41) is 0. The van der Waals surface area contributed by atoms with Crippen molar-refractivity contribution >= 4 is 11.6 Å². The minimum absolute atomic E-state index is 0.0776. The van der Waals surface area contributed by atoms with E-state index in [-0.39, 0.29) is 11.9 Å². The molecule has 0 bridgehead atoms. The van der Waals surface area contributed by atoms with Gasteiger partial charge in [0.2, 0.25) is 0 Å². The van der Waals surface area contributed by atoms with E-state index < -0.39 is 0 Å². The van der Waals surface area contributed by atoms with E-state index in [1.807, 2.05) is 15.7 Å². The first-order valence-corrected chi connectivity index (χ1v) is 7.13. The maximum absolute atomic E-state index is 12.7. The molecule has 4 nitrogen and oxygen atoms in total. The topological polar surface area (TPSA) is 51.3 Å². The molecule has 1 heterocycles.